The van der Waals surface area contributed by atoms with Crippen LogP contribution in [0.1, 0.15) is 18.4 Å². The van der Waals surface area contributed by atoms with Crippen LogP contribution in [0.2, 0.25) is 5.02 Å². The molecular formula is C21H23ClF7N3O4. The monoisotopic (exact) mass is 549 g/mol. The van der Waals surface area contributed by atoms with Crippen LogP contribution in [0.5, 0.6) is 0 Å². The number of amides is 1. The number of nitrogens with zero attached hydrogens (tertiary/aromatic N) is 3. The number of rotatable bonds is 5. The van der Waals surface area contributed by atoms with Gasteiger partial charge in [0.05, 0.1) is 10.9 Å². The van der Waals surface area contributed by atoms with Gasteiger partial charge in [0.2, 0.25) is 0 Å². The highest BCUT2D eigenvalue weighted by Crippen LogP contribution is 2.36. The largest absolute Gasteiger partial charge is 0.481 e. The number of ether oxygens (including phenoxy) is 1. The van der Waals surface area contributed by atoms with Gasteiger partial charge in [0.25, 0.3) is 6.10 Å². The smallest absolute Gasteiger partial charge is 0.434 e. The number of aliphatic carboxylic acids is 1. The standard InChI is InChI=1S/C21H23ClF7N3O4/c22-14-10-16(31-3-1-12(2-4-31)17(33)34)13(9-15(14)23)11-30-5-7-32(8-6-30)19(35)36-18(20(24,25)26)21(27,28)29/h9-10,12,18H,1-8,11H2,(H,33,34). The fourth-order valence-corrected chi connectivity index (χ4v) is 4.35. The Balaban J connectivity index is 1.63. The maximum atomic E-state index is 14.2. The van der Waals surface area contributed by atoms with Gasteiger partial charge in [-0.25, -0.2) is 9.18 Å². The summed E-state index contributed by atoms with van der Waals surface area (Å²) in [4.78, 5) is 27.6. The average molecular weight is 550 g/mol. The molecule has 0 saturated carbocycles. The molecule has 2 heterocycles. The first-order chi connectivity index (χ1) is 16.7. The summed E-state index contributed by atoms with van der Waals surface area (Å²) in [5.41, 5.74) is 1.13. The van der Waals surface area contributed by atoms with E-state index in [-0.39, 0.29) is 37.7 Å². The summed E-state index contributed by atoms with van der Waals surface area (Å²) >= 11 is 5.96. The Kier molecular flexibility index (Phi) is 8.48. The Labute approximate surface area is 206 Å². The van der Waals surface area contributed by atoms with E-state index < -0.39 is 42.3 Å². The van der Waals surface area contributed by atoms with E-state index in [4.69, 9.17) is 11.6 Å². The molecule has 7 nitrogen and oxygen atoms in total. The fraction of sp³-hybridized carbons (Fsp3) is 0.619. The molecule has 202 valence electrons. The number of piperidine rings is 1. The number of hydrogen-bond acceptors (Lipinski definition) is 5. The van der Waals surface area contributed by atoms with E-state index in [9.17, 15) is 45.4 Å². The molecule has 36 heavy (non-hydrogen) atoms. The van der Waals surface area contributed by atoms with Crippen LogP contribution in [0.4, 0.5) is 41.2 Å². The lowest BCUT2D eigenvalue weighted by Crippen LogP contribution is -2.52. The van der Waals surface area contributed by atoms with Gasteiger partial charge in [0.15, 0.2) is 0 Å². The highest BCUT2D eigenvalue weighted by Gasteiger charge is 2.60. The van der Waals surface area contributed by atoms with Crippen LogP contribution in [0.3, 0.4) is 0 Å². The second-order valence-corrected chi connectivity index (χ2v) is 9.01. The van der Waals surface area contributed by atoms with Gasteiger partial charge in [-0.2, -0.15) is 26.3 Å². The van der Waals surface area contributed by atoms with Crippen LogP contribution in [-0.4, -0.2) is 84.7 Å². The molecule has 1 N–H and O–H groups in total. The van der Waals surface area contributed by atoms with E-state index >= 15 is 0 Å². The highest BCUT2D eigenvalue weighted by molar-refractivity contribution is 6.31. The molecule has 1 amide bonds. The molecule has 2 aliphatic heterocycles. The number of benzene rings is 1. The molecule has 0 bridgehead atoms. The number of carbonyl (C=O) groups excluding carboxylic acids is 1. The third-order valence-electron chi connectivity index (χ3n) is 6.14. The van der Waals surface area contributed by atoms with Crippen LogP contribution in [0.15, 0.2) is 12.1 Å². The second kappa shape index (κ2) is 10.9. The second-order valence-electron chi connectivity index (χ2n) is 8.60. The van der Waals surface area contributed by atoms with Crippen molar-refractivity contribution in [2.75, 3.05) is 44.2 Å². The number of hydrogen-bond donors (Lipinski definition) is 1. The Hall–Kier alpha value is -2.48. The topological polar surface area (TPSA) is 73.3 Å². The van der Waals surface area contributed by atoms with Gasteiger partial charge in [0, 0.05) is 51.5 Å². The van der Waals surface area contributed by atoms with Gasteiger partial charge < -0.3 is 19.6 Å². The number of anilines is 1. The molecule has 0 unspecified atom stereocenters. The van der Waals surface area contributed by atoms with Crippen molar-refractivity contribution in [2.45, 2.75) is 37.8 Å². The first-order valence-corrected chi connectivity index (χ1v) is 11.3. The number of alkyl halides is 6. The summed E-state index contributed by atoms with van der Waals surface area (Å²) in [5, 5.41) is 9.07. The van der Waals surface area contributed by atoms with Gasteiger partial charge in [-0.15, -0.1) is 0 Å². The molecule has 2 saturated heterocycles. The Bertz CT molecular complexity index is 946. The van der Waals surface area contributed by atoms with E-state index in [0.717, 1.165) is 4.90 Å². The first-order valence-electron chi connectivity index (χ1n) is 10.9. The normalized spacial score (nSPS) is 18.6. The molecule has 2 aliphatic rings. The molecule has 0 aliphatic carbocycles. The third kappa shape index (κ3) is 6.84. The zero-order valence-corrected chi connectivity index (χ0v) is 19.5. The van der Waals surface area contributed by atoms with Crippen LogP contribution in [0, 0.1) is 11.7 Å². The van der Waals surface area contributed by atoms with Crippen molar-refractivity contribution < 1.29 is 50.2 Å². The fourth-order valence-electron chi connectivity index (χ4n) is 4.19. The van der Waals surface area contributed by atoms with Gasteiger partial charge in [-0.1, -0.05) is 11.6 Å². The van der Waals surface area contributed by atoms with Gasteiger partial charge >= 0.3 is 24.4 Å². The number of piperazine rings is 1. The number of carboxylic acid groups (broad SMARTS) is 1. The molecule has 0 aromatic heterocycles. The molecule has 3 rings (SSSR count). The van der Waals surface area contributed by atoms with E-state index in [0.29, 0.717) is 37.2 Å². The van der Waals surface area contributed by atoms with Crippen molar-refractivity contribution in [1.29, 1.82) is 0 Å². The Morgan fingerprint density at radius 1 is 1.00 bits per heavy atom. The number of carboxylic acids is 1. The van der Waals surface area contributed by atoms with Crippen molar-refractivity contribution >= 4 is 29.4 Å². The lowest BCUT2D eigenvalue weighted by atomic mass is 9.96. The maximum absolute atomic E-state index is 14.2. The van der Waals surface area contributed by atoms with Gasteiger partial charge in [0.1, 0.15) is 5.82 Å². The lowest BCUT2D eigenvalue weighted by molar-refractivity contribution is -0.308. The Morgan fingerprint density at radius 2 is 1.56 bits per heavy atom. The molecule has 0 radical (unpaired) electrons. The Morgan fingerprint density at radius 3 is 2.06 bits per heavy atom. The summed E-state index contributed by atoms with van der Waals surface area (Å²) in [6.07, 6.45) is -16.8. The van der Waals surface area contributed by atoms with Crippen molar-refractivity contribution in [3.8, 4) is 0 Å². The molecular weight excluding hydrogens is 527 g/mol. The average Bonchev–Trinajstić information content (AvgIpc) is 2.78. The van der Waals surface area contributed by atoms with Crippen LogP contribution >= 0.6 is 11.6 Å². The van der Waals surface area contributed by atoms with Crippen LogP contribution in [0.25, 0.3) is 0 Å². The van der Waals surface area contributed by atoms with Crippen molar-refractivity contribution in [3.05, 3.63) is 28.5 Å². The van der Waals surface area contributed by atoms with E-state index in [1.165, 1.54) is 12.1 Å². The third-order valence-corrected chi connectivity index (χ3v) is 6.43. The zero-order chi connectivity index (χ0) is 26.8. The summed E-state index contributed by atoms with van der Waals surface area (Å²) < 4.78 is 93.9. The summed E-state index contributed by atoms with van der Waals surface area (Å²) in [5.74, 6) is -2.05. The van der Waals surface area contributed by atoms with Gasteiger partial charge in [-0.3, -0.25) is 9.69 Å². The van der Waals surface area contributed by atoms with E-state index in [1.54, 1.807) is 4.90 Å². The predicted molar refractivity (Wildman–Crippen MR) is 113 cm³/mol. The van der Waals surface area contributed by atoms with E-state index in [2.05, 4.69) is 4.74 Å². The van der Waals surface area contributed by atoms with Crippen LogP contribution in [-0.2, 0) is 16.1 Å². The minimum Gasteiger partial charge on any atom is -0.481 e. The van der Waals surface area contributed by atoms with Gasteiger partial charge in [-0.05, 0) is 30.5 Å². The number of halogens is 8. The zero-order valence-electron chi connectivity index (χ0n) is 18.7. The maximum Gasteiger partial charge on any atom is 0.434 e. The summed E-state index contributed by atoms with van der Waals surface area (Å²) in [7, 11) is 0. The molecule has 1 aromatic carbocycles. The molecule has 0 atom stereocenters. The predicted octanol–water partition coefficient (Wildman–Crippen LogP) is 4.53. The minimum atomic E-state index is -5.80. The SMILES string of the molecule is O=C(O)C1CCN(c2cc(Cl)c(F)cc2CN2CCN(C(=O)OC(C(F)(F)F)C(F)(F)F)CC2)CC1. The molecule has 2 fully saturated rings. The quantitative estimate of drug-likeness (QED) is 0.544. The summed E-state index contributed by atoms with van der Waals surface area (Å²) in [6, 6.07) is 2.67. The van der Waals surface area contributed by atoms with Crippen molar-refractivity contribution in [2.24, 2.45) is 5.92 Å². The van der Waals surface area contributed by atoms with Crippen molar-refractivity contribution in [1.82, 2.24) is 9.80 Å². The molecule has 0 spiro atoms. The molecule has 1 aromatic rings. The summed E-state index contributed by atoms with van der Waals surface area (Å²) in [6.45, 7) is 0.758. The molecule has 15 heteroatoms. The van der Waals surface area contributed by atoms with Crippen molar-refractivity contribution in [3.63, 3.8) is 0 Å². The highest BCUT2D eigenvalue weighted by atomic mass is 35.5. The minimum absolute atomic E-state index is 0.0859. The first kappa shape index (κ1) is 28.1. The number of carbonyl (C=O) groups is 2. The lowest BCUT2D eigenvalue weighted by Gasteiger charge is -2.37. The van der Waals surface area contributed by atoms with E-state index in [1.807, 2.05) is 4.90 Å². The van der Waals surface area contributed by atoms with Crippen LogP contribution < -0.4 is 4.90 Å².